The van der Waals surface area contributed by atoms with Crippen molar-refractivity contribution in [2.75, 3.05) is 0 Å². The van der Waals surface area contributed by atoms with Crippen molar-refractivity contribution in [2.45, 2.75) is 0 Å². The first-order valence-corrected chi connectivity index (χ1v) is 11.6. The first kappa shape index (κ1) is 37.4. The van der Waals surface area contributed by atoms with Crippen LogP contribution in [0.2, 0.25) is 0 Å². The third-order valence-electron chi connectivity index (χ3n) is 0.213. The summed E-state index contributed by atoms with van der Waals surface area (Å²) in [5.41, 5.74) is 0. The van der Waals surface area contributed by atoms with Gasteiger partial charge in [0.15, 0.2) is 0 Å². The van der Waals surface area contributed by atoms with E-state index in [-0.39, 0.29) is 29.6 Å². The molecule has 25 heteroatoms. The van der Waals surface area contributed by atoms with Gasteiger partial charge in [0.2, 0.25) is 0 Å². The summed E-state index contributed by atoms with van der Waals surface area (Å²) in [4.78, 5) is 95.7. The van der Waals surface area contributed by atoms with Crippen LogP contribution in [-0.2, 0) is 27.1 Å². The monoisotopic (exact) mass is 496 g/mol. The fourth-order valence-corrected chi connectivity index (χ4v) is 1.25. The Bertz CT molecular complexity index is 450. The number of rotatable bonds is 2. The average Bonchev–Trinajstić information content (AvgIpc) is 1.80. The maximum atomic E-state index is 9.63. The Hall–Kier alpha value is 1.59. The summed E-state index contributed by atoms with van der Waals surface area (Å²) < 4.78 is 48.9. The van der Waals surface area contributed by atoms with Gasteiger partial charge in [0.1, 0.15) is 0 Å². The number of hydrogen-bond acceptors (Lipinski definition) is 6. The predicted octanol–water partition coefficient (Wildman–Crippen LogP) is -4.25. The van der Waals surface area contributed by atoms with Crippen LogP contribution in [0.25, 0.3) is 0 Å². The van der Waals surface area contributed by atoms with Gasteiger partial charge in [-0.15, -0.1) is 0 Å². The molecule has 0 aliphatic rings. The zero-order valence-electron chi connectivity index (χ0n) is 10.5. The van der Waals surface area contributed by atoms with Crippen LogP contribution in [0.5, 0.6) is 0 Å². The summed E-state index contributed by atoms with van der Waals surface area (Å²) in [6, 6.07) is 0. The van der Waals surface area contributed by atoms with Gasteiger partial charge in [-0.05, 0) is 0 Å². The molecule has 0 aromatic heterocycles. The molecule has 0 spiro atoms. The van der Waals surface area contributed by atoms with Crippen LogP contribution in [-0.4, -0.2) is 93.2 Å². The summed E-state index contributed by atoms with van der Waals surface area (Å²) in [5.74, 6) is 0. The SMILES string of the molecule is O=P(O)(O)O.O=P(O)(O)O.O=P(O)(O)O.O=P(O)(O)OP(=O)(O)O.[NaH]. The van der Waals surface area contributed by atoms with Crippen molar-refractivity contribution < 1.29 is 90.8 Å². The molecule has 0 aliphatic heterocycles. The van der Waals surface area contributed by atoms with E-state index in [1.165, 1.54) is 0 Å². The van der Waals surface area contributed by atoms with E-state index >= 15 is 0 Å². The quantitative estimate of drug-likeness (QED) is 0.127. The topological polar surface area (TPSA) is 358 Å². The normalized spacial score (nSPS) is 12.0. The molecule has 0 saturated heterocycles. The van der Waals surface area contributed by atoms with Gasteiger partial charge in [-0.3, -0.25) is 0 Å². The summed E-state index contributed by atoms with van der Waals surface area (Å²) in [7, 11) is -24.0. The van der Waals surface area contributed by atoms with Crippen LogP contribution >= 0.6 is 39.1 Å². The molecule has 25 heavy (non-hydrogen) atoms. The van der Waals surface area contributed by atoms with Crippen molar-refractivity contribution in [1.29, 1.82) is 0 Å². The van der Waals surface area contributed by atoms with Crippen LogP contribution in [0.1, 0.15) is 0 Å². The van der Waals surface area contributed by atoms with Gasteiger partial charge < -0.3 is 63.6 Å². The van der Waals surface area contributed by atoms with Gasteiger partial charge in [0, 0.05) is 0 Å². The molecule has 0 aromatic carbocycles. The summed E-state index contributed by atoms with van der Waals surface area (Å²) in [5, 5.41) is 0. The minimum absolute atomic E-state index is 0. The van der Waals surface area contributed by atoms with Gasteiger partial charge in [0.25, 0.3) is 0 Å². The molecule has 0 saturated carbocycles. The fourth-order valence-electron chi connectivity index (χ4n) is 0.139. The minimum atomic E-state index is -5.05. The Kier molecular flexibility index (Phi) is 21.8. The Balaban J connectivity index is -0.0000000733. The van der Waals surface area contributed by atoms with E-state index in [2.05, 4.69) is 4.31 Å². The maximum absolute atomic E-state index is 9.63. The van der Waals surface area contributed by atoms with Crippen LogP contribution in [0.15, 0.2) is 0 Å². The van der Waals surface area contributed by atoms with Crippen LogP contribution in [0.3, 0.4) is 0 Å². The van der Waals surface area contributed by atoms with E-state index in [0.717, 1.165) is 0 Å². The van der Waals surface area contributed by atoms with Gasteiger partial charge >= 0.3 is 68.7 Å². The summed E-state index contributed by atoms with van der Waals surface area (Å²) in [6.07, 6.45) is 0. The molecule has 0 unspecified atom stereocenters. The van der Waals surface area contributed by atoms with Crippen molar-refractivity contribution in [2.24, 2.45) is 0 Å². The molecule has 13 N–H and O–H groups in total. The molecule has 0 radical (unpaired) electrons. The Labute approximate surface area is 159 Å². The average molecular weight is 496 g/mol. The van der Waals surface area contributed by atoms with Crippen LogP contribution < -0.4 is 0 Å². The molecule has 154 valence electrons. The number of phosphoric acid groups is 5. The first-order valence-electron chi connectivity index (χ1n) is 3.88. The van der Waals surface area contributed by atoms with Gasteiger partial charge in [0.05, 0.1) is 0 Å². The van der Waals surface area contributed by atoms with E-state index in [1.807, 2.05) is 0 Å². The first-order chi connectivity index (χ1) is 9.71. The number of hydrogen-bond donors (Lipinski definition) is 13. The van der Waals surface area contributed by atoms with E-state index in [9.17, 15) is 9.13 Å². The van der Waals surface area contributed by atoms with Crippen molar-refractivity contribution in [3.63, 3.8) is 0 Å². The molecule has 0 bridgehead atoms. The Morgan fingerprint density at radius 2 is 0.480 bits per heavy atom. The molecule has 0 fully saturated rings. The van der Waals surface area contributed by atoms with Gasteiger partial charge in [-0.2, -0.15) is 4.31 Å². The zero-order valence-corrected chi connectivity index (χ0v) is 15.0. The molecule has 0 aromatic rings. The van der Waals surface area contributed by atoms with Crippen molar-refractivity contribution >= 4 is 68.7 Å². The Morgan fingerprint density at radius 3 is 0.480 bits per heavy atom. The van der Waals surface area contributed by atoms with E-state index in [4.69, 9.17) is 77.3 Å². The van der Waals surface area contributed by atoms with E-state index in [0.29, 0.717) is 0 Å². The van der Waals surface area contributed by atoms with Crippen LogP contribution in [0.4, 0.5) is 0 Å². The second-order valence-electron chi connectivity index (χ2n) is 2.60. The molecule has 0 heterocycles. The van der Waals surface area contributed by atoms with Crippen molar-refractivity contribution in [1.82, 2.24) is 0 Å². The molecule has 19 nitrogen and oxygen atoms in total. The molecule has 0 amide bonds. The molecular formula is H14NaO19P5. The predicted molar refractivity (Wildman–Crippen MR) is 75.1 cm³/mol. The van der Waals surface area contributed by atoms with Gasteiger partial charge in [-0.1, -0.05) is 0 Å². The fraction of sp³-hybridized carbons (Fsp3) is 0. The van der Waals surface area contributed by atoms with Crippen molar-refractivity contribution in [3.05, 3.63) is 0 Å². The molecular weight excluding hydrogens is 482 g/mol. The second-order valence-corrected chi connectivity index (χ2v) is 8.30. The standard InChI is InChI=1S/Na.H4O7P2.3H3O4P.H/c;1-8(2,3)7-9(4,5)6;3*1-5(2,3)4;/h;(H2,1,2,3)(H2,4,5,6);3*(H3,1,2,3,4);. The molecule has 0 rings (SSSR count). The van der Waals surface area contributed by atoms with Gasteiger partial charge in [-0.25, -0.2) is 22.8 Å². The second kappa shape index (κ2) is 14.6. The zero-order chi connectivity index (χ0) is 21.2. The summed E-state index contributed by atoms with van der Waals surface area (Å²) in [6.45, 7) is 0. The Morgan fingerprint density at radius 1 is 0.400 bits per heavy atom. The van der Waals surface area contributed by atoms with Crippen LogP contribution in [0, 0.1) is 0 Å². The molecule has 0 atom stereocenters. The van der Waals surface area contributed by atoms with E-state index < -0.39 is 39.1 Å². The third-order valence-corrected chi connectivity index (χ3v) is 1.91. The van der Waals surface area contributed by atoms with E-state index in [1.54, 1.807) is 0 Å². The van der Waals surface area contributed by atoms with Crippen molar-refractivity contribution in [3.8, 4) is 0 Å². The molecule has 0 aliphatic carbocycles. The third kappa shape index (κ3) is 247. The summed E-state index contributed by atoms with van der Waals surface area (Å²) >= 11 is 0.